The molecule has 1 atom stereocenters. The first kappa shape index (κ1) is 20.1. The summed E-state index contributed by atoms with van der Waals surface area (Å²) in [6.07, 6.45) is 4.88. The standard InChI is InChI=1S/C15H28N6O.HI/c1-4-13-20-19-12-21(13)9-8-17-14(16-5-2)18-11-15(3)7-6-10-22-15;/h12H,4-11H2,1-3H3,(H2,16,17,18);1H. The van der Waals surface area contributed by atoms with Crippen molar-refractivity contribution in [2.45, 2.75) is 52.2 Å². The van der Waals surface area contributed by atoms with E-state index in [4.69, 9.17) is 4.74 Å². The highest BCUT2D eigenvalue weighted by Gasteiger charge is 2.29. The van der Waals surface area contributed by atoms with Crippen LogP contribution in [0.5, 0.6) is 0 Å². The number of aliphatic imine (C=N–C) groups is 1. The average molecular weight is 436 g/mol. The molecule has 1 aliphatic rings. The van der Waals surface area contributed by atoms with E-state index in [0.29, 0.717) is 6.54 Å². The number of ether oxygens (including phenoxy) is 1. The van der Waals surface area contributed by atoms with Crippen LogP contribution in [0.15, 0.2) is 11.3 Å². The molecule has 2 rings (SSSR count). The Morgan fingerprint density at radius 3 is 2.91 bits per heavy atom. The van der Waals surface area contributed by atoms with Gasteiger partial charge in [-0.25, -0.2) is 0 Å². The van der Waals surface area contributed by atoms with Gasteiger partial charge in [0.15, 0.2) is 5.96 Å². The monoisotopic (exact) mass is 436 g/mol. The molecular formula is C15H29IN6O. The molecule has 0 aromatic carbocycles. The van der Waals surface area contributed by atoms with E-state index in [1.165, 1.54) is 0 Å². The summed E-state index contributed by atoms with van der Waals surface area (Å²) in [6.45, 7) is 10.3. The molecule has 2 N–H and O–H groups in total. The van der Waals surface area contributed by atoms with Crippen LogP contribution in [0, 0.1) is 0 Å². The van der Waals surface area contributed by atoms with Crippen LogP contribution < -0.4 is 10.6 Å². The minimum atomic E-state index is -0.105. The van der Waals surface area contributed by atoms with Crippen LogP contribution in [0.1, 0.15) is 39.4 Å². The van der Waals surface area contributed by atoms with Gasteiger partial charge in [0.05, 0.1) is 12.1 Å². The van der Waals surface area contributed by atoms with Crippen LogP contribution >= 0.6 is 24.0 Å². The van der Waals surface area contributed by atoms with Crippen LogP contribution in [0.25, 0.3) is 0 Å². The van der Waals surface area contributed by atoms with Gasteiger partial charge in [-0.3, -0.25) is 4.99 Å². The summed E-state index contributed by atoms with van der Waals surface area (Å²) in [5.74, 6) is 1.85. The lowest BCUT2D eigenvalue weighted by Gasteiger charge is -2.21. The van der Waals surface area contributed by atoms with E-state index < -0.39 is 0 Å². The minimum Gasteiger partial charge on any atom is -0.373 e. The van der Waals surface area contributed by atoms with Crippen LogP contribution in [-0.4, -0.2) is 52.6 Å². The van der Waals surface area contributed by atoms with Crippen molar-refractivity contribution < 1.29 is 4.74 Å². The molecule has 0 aliphatic carbocycles. The molecule has 0 bridgehead atoms. The highest BCUT2D eigenvalue weighted by atomic mass is 127. The summed E-state index contributed by atoms with van der Waals surface area (Å²) in [4.78, 5) is 4.66. The van der Waals surface area contributed by atoms with E-state index in [0.717, 1.165) is 57.3 Å². The second-order valence-corrected chi connectivity index (χ2v) is 5.82. The zero-order chi connectivity index (χ0) is 15.8. The number of guanidine groups is 1. The van der Waals surface area contributed by atoms with E-state index in [-0.39, 0.29) is 29.6 Å². The lowest BCUT2D eigenvalue weighted by atomic mass is 10.0. The van der Waals surface area contributed by atoms with Crippen molar-refractivity contribution in [2.75, 3.05) is 26.2 Å². The average Bonchev–Trinajstić information content (AvgIpc) is 3.14. The molecule has 132 valence electrons. The quantitative estimate of drug-likeness (QED) is 0.386. The van der Waals surface area contributed by atoms with Crippen molar-refractivity contribution in [3.63, 3.8) is 0 Å². The molecular weight excluding hydrogens is 407 g/mol. The molecule has 1 aromatic rings. The van der Waals surface area contributed by atoms with Gasteiger partial charge in [-0.05, 0) is 26.7 Å². The van der Waals surface area contributed by atoms with Gasteiger partial charge in [-0.2, -0.15) is 0 Å². The predicted molar refractivity (Wildman–Crippen MR) is 102 cm³/mol. The van der Waals surface area contributed by atoms with E-state index in [1.54, 1.807) is 6.33 Å². The van der Waals surface area contributed by atoms with Gasteiger partial charge in [0.2, 0.25) is 0 Å². The van der Waals surface area contributed by atoms with E-state index >= 15 is 0 Å². The zero-order valence-electron chi connectivity index (χ0n) is 14.3. The first-order chi connectivity index (χ1) is 10.7. The summed E-state index contributed by atoms with van der Waals surface area (Å²) in [7, 11) is 0. The van der Waals surface area contributed by atoms with E-state index in [1.807, 2.05) is 0 Å². The number of rotatable bonds is 7. The van der Waals surface area contributed by atoms with Gasteiger partial charge in [0, 0.05) is 32.7 Å². The Hall–Kier alpha value is -0.900. The number of nitrogens with one attached hydrogen (secondary N) is 2. The van der Waals surface area contributed by atoms with E-state index in [2.05, 4.69) is 51.2 Å². The summed E-state index contributed by atoms with van der Waals surface area (Å²) in [6, 6.07) is 0. The second-order valence-electron chi connectivity index (χ2n) is 5.82. The van der Waals surface area contributed by atoms with E-state index in [9.17, 15) is 0 Å². The molecule has 1 aliphatic heterocycles. The van der Waals surface area contributed by atoms with Gasteiger partial charge in [0.25, 0.3) is 0 Å². The SMILES string of the molecule is CCNC(=NCC1(C)CCCO1)NCCn1cnnc1CC.I. The highest BCUT2D eigenvalue weighted by Crippen LogP contribution is 2.24. The maximum Gasteiger partial charge on any atom is 0.191 e. The lowest BCUT2D eigenvalue weighted by molar-refractivity contribution is 0.0283. The van der Waals surface area contributed by atoms with Crippen molar-refractivity contribution in [1.82, 2.24) is 25.4 Å². The van der Waals surface area contributed by atoms with Crippen molar-refractivity contribution in [1.29, 1.82) is 0 Å². The fourth-order valence-electron chi connectivity index (χ4n) is 2.58. The smallest absolute Gasteiger partial charge is 0.191 e. The maximum absolute atomic E-state index is 5.78. The number of halogens is 1. The van der Waals surface area contributed by atoms with Crippen LogP contribution in [0.4, 0.5) is 0 Å². The molecule has 0 saturated carbocycles. The molecule has 0 spiro atoms. The fourth-order valence-corrected chi connectivity index (χ4v) is 2.58. The van der Waals surface area contributed by atoms with Gasteiger partial charge in [-0.1, -0.05) is 6.92 Å². The Labute approximate surface area is 155 Å². The molecule has 23 heavy (non-hydrogen) atoms. The van der Waals surface area contributed by atoms with Crippen molar-refractivity contribution in [2.24, 2.45) is 4.99 Å². The predicted octanol–water partition coefficient (Wildman–Crippen LogP) is 1.58. The fraction of sp³-hybridized carbons (Fsp3) is 0.800. The third kappa shape index (κ3) is 6.25. The Bertz CT molecular complexity index is 484. The van der Waals surface area contributed by atoms with Gasteiger partial charge >= 0.3 is 0 Å². The first-order valence-electron chi connectivity index (χ1n) is 8.19. The van der Waals surface area contributed by atoms with Crippen LogP contribution in [0.3, 0.4) is 0 Å². The van der Waals surface area contributed by atoms with Gasteiger partial charge in [-0.15, -0.1) is 34.2 Å². The lowest BCUT2D eigenvalue weighted by Crippen LogP contribution is -2.40. The molecule has 8 heteroatoms. The van der Waals surface area contributed by atoms with Crippen molar-refractivity contribution in [3.8, 4) is 0 Å². The number of hydrogen-bond acceptors (Lipinski definition) is 4. The molecule has 1 unspecified atom stereocenters. The molecule has 7 nitrogen and oxygen atoms in total. The summed E-state index contributed by atoms with van der Waals surface area (Å²) >= 11 is 0. The van der Waals surface area contributed by atoms with Crippen LogP contribution in [-0.2, 0) is 17.7 Å². The normalized spacial score (nSPS) is 21.1. The number of hydrogen-bond donors (Lipinski definition) is 2. The summed E-state index contributed by atoms with van der Waals surface area (Å²) in [5.41, 5.74) is -0.105. The zero-order valence-corrected chi connectivity index (χ0v) is 16.7. The minimum absolute atomic E-state index is 0. The Morgan fingerprint density at radius 2 is 2.26 bits per heavy atom. The Kier molecular flexibility index (Phi) is 8.82. The number of aromatic nitrogens is 3. The number of aryl methyl sites for hydroxylation is 1. The van der Waals surface area contributed by atoms with Crippen LogP contribution in [0.2, 0.25) is 0 Å². The third-order valence-electron chi connectivity index (χ3n) is 3.87. The molecule has 0 amide bonds. The molecule has 1 fully saturated rings. The maximum atomic E-state index is 5.78. The molecule has 1 aromatic heterocycles. The topological polar surface area (TPSA) is 76.4 Å². The van der Waals surface area contributed by atoms with Gasteiger partial charge < -0.3 is 19.9 Å². The third-order valence-corrected chi connectivity index (χ3v) is 3.87. The summed E-state index contributed by atoms with van der Waals surface area (Å²) < 4.78 is 7.85. The molecule has 1 saturated heterocycles. The Balaban J connectivity index is 0.00000264. The van der Waals surface area contributed by atoms with Gasteiger partial charge in [0.1, 0.15) is 12.2 Å². The number of nitrogens with zero attached hydrogens (tertiary/aromatic N) is 4. The van der Waals surface area contributed by atoms with Crippen molar-refractivity contribution >= 4 is 29.9 Å². The second kappa shape index (κ2) is 10.1. The highest BCUT2D eigenvalue weighted by molar-refractivity contribution is 14.0. The summed E-state index contributed by atoms with van der Waals surface area (Å²) in [5, 5.41) is 14.7. The molecule has 0 radical (unpaired) electrons. The largest absolute Gasteiger partial charge is 0.373 e. The Morgan fingerprint density at radius 1 is 1.43 bits per heavy atom. The molecule has 2 heterocycles. The van der Waals surface area contributed by atoms with Crippen molar-refractivity contribution in [3.05, 3.63) is 12.2 Å². The first-order valence-corrected chi connectivity index (χ1v) is 8.19.